The number of morpholine rings is 1. The van der Waals surface area contributed by atoms with Gasteiger partial charge in [0.15, 0.2) is 0 Å². The Bertz CT molecular complexity index is 556. The number of hydrogen-bond donors (Lipinski definition) is 0. The summed E-state index contributed by atoms with van der Waals surface area (Å²) in [6.45, 7) is 5.14. The lowest BCUT2D eigenvalue weighted by atomic mass is 10.1. The van der Waals surface area contributed by atoms with Crippen LogP contribution in [0.2, 0.25) is 0 Å². The van der Waals surface area contributed by atoms with Crippen molar-refractivity contribution in [3.8, 4) is 6.07 Å². The first-order chi connectivity index (χ1) is 11.1. The van der Waals surface area contributed by atoms with Crippen molar-refractivity contribution in [3.63, 3.8) is 0 Å². The molecule has 23 heavy (non-hydrogen) atoms. The predicted molar refractivity (Wildman–Crippen MR) is 84.0 cm³/mol. The lowest BCUT2D eigenvalue weighted by Gasteiger charge is -2.34. The van der Waals surface area contributed by atoms with Gasteiger partial charge in [-0.15, -0.1) is 0 Å². The number of nitrogens with zero attached hydrogens (tertiary/aromatic N) is 3. The molecule has 1 aromatic rings. The number of rotatable bonds is 6. The van der Waals surface area contributed by atoms with Gasteiger partial charge in [-0.05, 0) is 24.6 Å². The molecule has 0 radical (unpaired) electrons. The minimum Gasteiger partial charge on any atom is -0.371 e. The molecule has 1 saturated heterocycles. The Morgan fingerprint density at radius 2 is 2.22 bits per heavy atom. The van der Waals surface area contributed by atoms with E-state index in [1.165, 1.54) is 12.1 Å². The van der Waals surface area contributed by atoms with Crippen LogP contribution in [0.25, 0.3) is 0 Å². The van der Waals surface area contributed by atoms with Gasteiger partial charge in [-0.2, -0.15) is 5.26 Å². The van der Waals surface area contributed by atoms with Crippen molar-refractivity contribution in [1.29, 1.82) is 5.26 Å². The van der Waals surface area contributed by atoms with Crippen LogP contribution in [0.4, 0.5) is 4.39 Å². The summed E-state index contributed by atoms with van der Waals surface area (Å²) in [6.07, 6.45) is 0.201. The van der Waals surface area contributed by atoms with E-state index >= 15 is 0 Å². The van der Waals surface area contributed by atoms with Crippen molar-refractivity contribution < 1.29 is 13.9 Å². The zero-order valence-corrected chi connectivity index (χ0v) is 13.4. The van der Waals surface area contributed by atoms with Gasteiger partial charge in [-0.25, -0.2) is 4.39 Å². The third-order valence-corrected chi connectivity index (χ3v) is 3.98. The van der Waals surface area contributed by atoms with Gasteiger partial charge in [0.25, 0.3) is 0 Å². The van der Waals surface area contributed by atoms with E-state index in [1.807, 2.05) is 6.92 Å². The minimum atomic E-state index is -0.271. The Hall–Kier alpha value is -1.97. The molecule has 124 valence electrons. The molecule has 0 aliphatic carbocycles. The van der Waals surface area contributed by atoms with E-state index in [4.69, 9.17) is 10.00 Å². The summed E-state index contributed by atoms with van der Waals surface area (Å²) in [5.41, 5.74) is 0.917. The molecule has 0 saturated carbocycles. The first-order valence-electron chi connectivity index (χ1n) is 7.88. The molecule has 2 rings (SSSR count). The van der Waals surface area contributed by atoms with Gasteiger partial charge in [0.2, 0.25) is 5.91 Å². The molecule has 1 heterocycles. The van der Waals surface area contributed by atoms with Crippen LogP contribution in [0.5, 0.6) is 0 Å². The maximum absolute atomic E-state index is 13.0. The van der Waals surface area contributed by atoms with Crippen LogP contribution in [0.3, 0.4) is 0 Å². The second-order valence-corrected chi connectivity index (χ2v) is 5.53. The molecule has 6 heteroatoms. The van der Waals surface area contributed by atoms with Crippen LogP contribution in [-0.4, -0.2) is 55.0 Å². The maximum atomic E-state index is 13.0. The molecule has 1 fully saturated rings. The highest BCUT2D eigenvalue weighted by molar-refractivity contribution is 5.78. The Balaban J connectivity index is 1.91. The lowest BCUT2D eigenvalue weighted by molar-refractivity contribution is -0.134. The Labute approximate surface area is 136 Å². The molecule has 1 atom stereocenters. The van der Waals surface area contributed by atoms with Crippen LogP contribution < -0.4 is 0 Å². The number of carbonyl (C=O) groups is 1. The monoisotopic (exact) mass is 319 g/mol. The van der Waals surface area contributed by atoms with E-state index in [0.29, 0.717) is 45.8 Å². The minimum absolute atomic E-state index is 0.0301. The predicted octanol–water partition coefficient (Wildman–Crippen LogP) is 1.96. The summed E-state index contributed by atoms with van der Waals surface area (Å²) in [6, 6.07) is 8.34. The number of likely N-dealkylation sites (N-methyl/N-ethyl adjacent to an activating group) is 1. The van der Waals surface area contributed by atoms with Crippen molar-refractivity contribution in [2.75, 3.05) is 39.3 Å². The number of carbonyl (C=O) groups excluding carboxylic acids is 1. The van der Waals surface area contributed by atoms with E-state index in [0.717, 1.165) is 5.56 Å². The van der Waals surface area contributed by atoms with Crippen molar-refractivity contribution in [3.05, 3.63) is 35.6 Å². The number of nitriles is 1. The summed E-state index contributed by atoms with van der Waals surface area (Å²) in [7, 11) is 0. The number of hydrogen-bond acceptors (Lipinski definition) is 4. The molecule has 1 aromatic carbocycles. The third kappa shape index (κ3) is 5.02. The van der Waals surface area contributed by atoms with Gasteiger partial charge < -0.3 is 9.64 Å². The summed E-state index contributed by atoms with van der Waals surface area (Å²) < 4.78 is 18.7. The SMILES string of the molecule is CCN(CCC#N)C(=O)CN1CCO[C@@H](c2ccc(F)cc2)C1. The number of halogens is 1. The van der Waals surface area contributed by atoms with Crippen molar-refractivity contribution in [1.82, 2.24) is 9.80 Å². The zero-order chi connectivity index (χ0) is 16.7. The topological polar surface area (TPSA) is 56.6 Å². The molecule has 0 unspecified atom stereocenters. The molecule has 0 spiro atoms. The molecular formula is C17H22FN3O2. The van der Waals surface area contributed by atoms with Gasteiger partial charge in [0.05, 0.1) is 31.7 Å². The van der Waals surface area contributed by atoms with Gasteiger partial charge in [-0.1, -0.05) is 12.1 Å². The Morgan fingerprint density at radius 3 is 2.87 bits per heavy atom. The van der Waals surface area contributed by atoms with Crippen LogP contribution in [0.15, 0.2) is 24.3 Å². The normalized spacial score (nSPS) is 18.4. The number of amides is 1. The van der Waals surface area contributed by atoms with E-state index in [1.54, 1.807) is 17.0 Å². The molecule has 0 aromatic heterocycles. The average Bonchev–Trinajstić information content (AvgIpc) is 2.56. The number of benzene rings is 1. The van der Waals surface area contributed by atoms with Gasteiger partial charge in [0.1, 0.15) is 5.82 Å². The van der Waals surface area contributed by atoms with Gasteiger partial charge in [-0.3, -0.25) is 9.69 Å². The van der Waals surface area contributed by atoms with Crippen LogP contribution in [-0.2, 0) is 9.53 Å². The molecule has 0 N–H and O–H groups in total. The second-order valence-electron chi connectivity index (χ2n) is 5.53. The highest BCUT2D eigenvalue weighted by Gasteiger charge is 2.24. The van der Waals surface area contributed by atoms with Gasteiger partial charge >= 0.3 is 0 Å². The summed E-state index contributed by atoms with van der Waals surface area (Å²) in [5, 5.41) is 8.65. The first kappa shape index (κ1) is 17.4. The quantitative estimate of drug-likeness (QED) is 0.804. The Morgan fingerprint density at radius 1 is 1.48 bits per heavy atom. The molecule has 5 nitrogen and oxygen atoms in total. The maximum Gasteiger partial charge on any atom is 0.236 e. The smallest absolute Gasteiger partial charge is 0.236 e. The third-order valence-electron chi connectivity index (χ3n) is 3.98. The highest BCUT2D eigenvalue weighted by Crippen LogP contribution is 2.22. The zero-order valence-electron chi connectivity index (χ0n) is 13.4. The number of ether oxygens (including phenoxy) is 1. The first-order valence-corrected chi connectivity index (χ1v) is 7.88. The molecule has 1 aliphatic rings. The van der Waals surface area contributed by atoms with Crippen molar-refractivity contribution in [2.45, 2.75) is 19.4 Å². The highest BCUT2D eigenvalue weighted by atomic mass is 19.1. The second kappa shape index (κ2) is 8.61. The Kier molecular flexibility index (Phi) is 6.51. The molecular weight excluding hydrogens is 297 g/mol. The van der Waals surface area contributed by atoms with Crippen molar-refractivity contribution >= 4 is 5.91 Å². The fourth-order valence-corrected chi connectivity index (χ4v) is 2.66. The van der Waals surface area contributed by atoms with Crippen LogP contribution in [0, 0.1) is 17.1 Å². The summed E-state index contributed by atoms with van der Waals surface area (Å²) in [4.78, 5) is 16.1. The van der Waals surface area contributed by atoms with Crippen molar-refractivity contribution in [2.24, 2.45) is 0 Å². The fourth-order valence-electron chi connectivity index (χ4n) is 2.66. The molecule has 1 aliphatic heterocycles. The van der Waals surface area contributed by atoms with E-state index in [9.17, 15) is 9.18 Å². The van der Waals surface area contributed by atoms with Gasteiger partial charge in [0, 0.05) is 26.2 Å². The largest absolute Gasteiger partial charge is 0.371 e. The lowest BCUT2D eigenvalue weighted by Crippen LogP contribution is -2.45. The fraction of sp³-hybridized carbons (Fsp3) is 0.529. The average molecular weight is 319 g/mol. The van der Waals surface area contributed by atoms with Crippen LogP contribution in [0.1, 0.15) is 25.0 Å². The van der Waals surface area contributed by atoms with Crippen LogP contribution >= 0.6 is 0 Å². The summed E-state index contributed by atoms with van der Waals surface area (Å²) >= 11 is 0. The molecule has 0 bridgehead atoms. The molecule has 1 amide bonds. The summed E-state index contributed by atoms with van der Waals surface area (Å²) in [5.74, 6) is -0.241. The standard InChI is InChI=1S/C17H22FN3O2/c1-2-21(9-3-8-19)17(22)13-20-10-11-23-16(12-20)14-4-6-15(18)7-5-14/h4-7,16H,2-3,9-13H2,1H3/t16-/m1/s1. The van der Waals surface area contributed by atoms with E-state index in [2.05, 4.69) is 11.0 Å². The van der Waals surface area contributed by atoms with E-state index < -0.39 is 0 Å². The van der Waals surface area contributed by atoms with E-state index in [-0.39, 0.29) is 17.8 Å².